The number of piperazine rings is 1. The number of nitrogens with zero attached hydrogens (tertiary/aromatic N) is 2. The van der Waals surface area contributed by atoms with Crippen molar-refractivity contribution in [1.29, 1.82) is 0 Å². The highest BCUT2D eigenvalue weighted by atomic mass is 16.6. The molecule has 0 aromatic carbocycles. The maximum absolute atomic E-state index is 13.1. The molecule has 3 aliphatic heterocycles. The first-order chi connectivity index (χ1) is 21.2. The molecular weight excluding hydrogens is 576 g/mol. The molecule has 0 spiro atoms. The smallest absolute Gasteiger partial charge is 0.410 e. The van der Waals surface area contributed by atoms with Crippen LogP contribution >= 0.6 is 0 Å². The Kier molecular flexibility index (Phi) is 14.0. The first kappa shape index (κ1) is 37.1. The van der Waals surface area contributed by atoms with Crippen LogP contribution in [0.2, 0.25) is 0 Å². The first-order valence-corrected chi connectivity index (χ1v) is 16.9. The van der Waals surface area contributed by atoms with Gasteiger partial charge in [0.25, 0.3) is 0 Å². The van der Waals surface area contributed by atoms with Crippen LogP contribution < -0.4 is 0 Å². The highest BCUT2D eigenvalue weighted by Crippen LogP contribution is 2.39. The van der Waals surface area contributed by atoms with Gasteiger partial charge in [0, 0.05) is 38.5 Å². The molecule has 10 nitrogen and oxygen atoms in total. The largest absolute Gasteiger partial charge is 0.483 e. The molecule has 0 aliphatic carbocycles. The molecule has 0 aromatic rings. The van der Waals surface area contributed by atoms with E-state index in [4.69, 9.17) is 14.2 Å². The van der Waals surface area contributed by atoms with E-state index in [9.17, 15) is 24.9 Å². The summed E-state index contributed by atoms with van der Waals surface area (Å²) >= 11 is 0. The van der Waals surface area contributed by atoms with Crippen molar-refractivity contribution in [3.8, 4) is 0 Å². The number of rotatable bonds is 10. The van der Waals surface area contributed by atoms with Crippen LogP contribution in [0.25, 0.3) is 0 Å². The quantitative estimate of drug-likeness (QED) is 0.177. The third-order valence-electron chi connectivity index (χ3n) is 9.58. The van der Waals surface area contributed by atoms with Gasteiger partial charge in [-0.05, 0) is 82.6 Å². The molecule has 256 valence electrons. The van der Waals surface area contributed by atoms with Crippen LogP contribution in [0.3, 0.4) is 0 Å². The number of allylic oxidation sites excluding steroid dienone is 1. The van der Waals surface area contributed by atoms with Gasteiger partial charge in [-0.2, -0.15) is 0 Å². The lowest BCUT2D eigenvalue weighted by atomic mass is 9.90. The summed E-state index contributed by atoms with van der Waals surface area (Å²) in [6.07, 6.45) is 5.93. The Morgan fingerprint density at radius 1 is 1.13 bits per heavy atom. The van der Waals surface area contributed by atoms with Crippen LogP contribution in [0.1, 0.15) is 93.4 Å². The summed E-state index contributed by atoms with van der Waals surface area (Å²) in [5.41, 5.74) is 0.700. The molecule has 3 N–H and O–H groups in total. The van der Waals surface area contributed by atoms with Gasteiger partial charge in [-0.1, -0.05) is 39.8 Å². The minimum Gasteiger partial charge on any atom is -0.483 e. The molecule has 0 radical (unpaired) electrons. The molecule has 0 bridgehead atoms. The summed E-state index contributed by atoms with van der Waals surface area (Å²) in [6.45, 7) is 17.4. The van der Waals surface area contributed by atoms with Crippen molar-refractivity contribution in [3.05, 3.63) is 35.1 Å². The number of cyclic esters (lactones) is 1. The summed E-state index contributed by atoms with van der Waals surface area (Å²) in [7, 11) is 0. The van der Waals surface area contributed by atoms with Crippen LogP contribution in [-0.2, 0) is 19.0 Å². The van der Waals surface area contributed by atoms with Gasteiger partial charge in [-0.3, -0.25) is 4.79 Å². The van der Waals surface area contributed by atoms with E-state index in [2.05, 4.69) is 11.8 Å². The molecule has 0 saturated carbocycles. The Morgan fingerprint density at radius 3 is 2.47 bits per heavy atom. The van der Waals surface area contributed by atoms with E-state index in [-0.39, 0.29) is 30.5 Å². The number of hydrogen-bond donors (Lipinski definition) is 3. The average molecular weight is 635 g/mol. The fourth-order valence-electron chi connectivity index (χ4n) is 6.19. The molecule has 8 atom stereocenters. The highest BCUT2D eigenvalue weighted by Gasteiger charge is 2.41. The topological polar surface area (TPSA) is 132 Å². The van der Waals surface area contributed by atoms with Crippen molar-refractivity contribution in [1.82, 2.24) is 9.80 Å². The Labute approximate surface area is 270 Å². The van der Waals surface area contributed by atoms with Crippen molar-refractivity contribution >= 4 is 12.1 Å². The van der Waals surface area contributed by atoms with Crippen molar-refractivity contribution in [2.45, 2.75) is 130 Å². The standard InChI is InChI=1S/C35H58N2O8/c1-8-28(39)26(6)33-30(43-33)22-35(7,42)16-10-11-24(4)32-25(5)13-15-29(23(3)12-14-27(38)21-31(40)45-32)44-34(41)37-19-17-36(9-2)18-20-37/h11,13,15,23,25,27-30,32,38-39,42H,8-10,12,14,16-22H2,1-7H3/b15-13+,24-11+,33-26+. The van der Waals surface area contributed by atoms with Gasteiger partial charge in [-0.15, -0.1) is 0 Å². The average Bonchev–Trinajstić information content (AvgIpc) is 3.76. The van der Waals surface area contributed by atoms with Crippen molar-refractivity contribution in [3.63, 3.8) is 0 Å². The molecule has 1 amide bonds. The third kappa shape index (κ3) is 11.4. The molecule has 0 aromatic heterocycles. The number of ether oxygens (including phenoxy) is 3. The molecule has 3 heterocycles. The monoisotopic (exact) mass is 634 g/mol. The van der Waals surface area contributed by atoms with Crippen molar-refractivity contribution in [2.75, 3.05) is 32.7 Å². The van der Waals surface area contributed by atoms with Crippen molar-refractivity contribution < 1.29 is 39.1 Å². The van der Waals surface area contributed by atoms with E-state index in [1.807, 2.05) is 52.8 Å². The van der Waals surface area contributed by atoms with Crippen molar-refractivity contribution in [2.24, 2.45) is 11.8 Å². The second-order valence-electron chi connectivity index (χ2n) is 13.6. The normalized spacial score (nSPS) is 32.6. The Morgan fingerprint density at radius 2 is 1.82 bits per heavy atom. The van der Waals surface area contributed by atoms with E-state index >= 15 is 0 Å². The summed E-state index contributed by atoms with van der Waals surface area (Å²) in [5, 5.41) is 31.7. The van der Waals surface area contributed by atoms with Gasteiger partial charge >= 0.3 is 12.1 Å². The zero-order valence-corrected chi connectivity index (χ0v) is 28.5. The number of epoxide rings is 1. The second-order valence-corrected chi connectivity index (χ2v) is 13.6. The van der Waals surface area contributed by atoms with Crippen LogP contribution in [0.4, 0.5) is 4.79 Å². The molecular formula is C35H58N2O8. The Bertz CT molecular complexity index is 1080. The van der Waals surface area contributed by atoms with Crippen LogP contribution in [0.5, 0.6) is 0 Å². The number of esters is 1. The lowest BCUT2D eigenvalue weighted by molar-refractivity contribution is -0.151. The third-order valence-corrected chi connectivity index (χ3v) is 9.58. The minimum absolute atomic E-state index is 0.0448. The Hall–Kier alpha value is -2.40. The molecule has 3 aliphatic rings. The van der Waals surface area contributed by atoms with E-state index in [0.29, 0.717) is 51.6 Å². The molecule has 10 heteroatoms. The maximum atomic E-state index is 13.1. The number of amides is 1. The molecule has 2 fully saturated rings. The van der Waals surface area contributed by atoms with Gasteiger partial charge in [0.05, 0.1) is 24.2 Å². The molecule has 45 heavy (non-hydrogen) atoms. The predicted octanol–water partition coefficient (Wildman–Crippen LogP) is 4.73. The fourth-order valence-corrected chi connectivity index (χ4v) is 6.19. The molecule has 3 rings (SSSR count). The predicted molar refractivity (Wildman–Crippen MR) is 173 cm³/mol. The van der Waals surface area contributed by atoms with E-state index in [1.54, 1.807) is 11.8 Å². The van der Waals surface area contributed by atoms with Crippen LogP contribution in [0.15, 0.2) is 35.1 Å². The summed E-state index contributed by atoms with van der Waals surface area (Å²) in [4.78, 5) is 30.0. The van der Waals surface area contributed by atoms with E-state index in [0.717, 1.165) is 36.5 Å². The lowest BCUT2D eigenvalue weighted by Gasteiger charge is -2.34. The number of hydrogen-bond acceptors (Lipinski definition) is 9. The number of aliphatic hydroxyl groups excluding tert-OH is 2. The SMILES string of the molecule is CCC(O)/C(C)=C1/OC1CC(C)(O)CC/C=C(\C)C1OC(=O)CC(O)CCC(C)C(OC(=O)N2CCN(CC)CC2)/C=C/C1C. The number of likely N-dealkylation sites (N-methyl/N-ethyl adjacent to an activating group) is 1. The highest BCUT2D eigenvalue weighted by molar-refractivity contribution is 5.70. The zero-order chi connectivity index (χ0) is 33.3. The van der Waals surface area contributed by atoms with E-state index in [1.165, 1.54) is 0 Å². The summed E-state index contributed by atoms with van der Waals surface area (Å²) < 4.78 is 17.6. The summed E-state index contributed by atoms with van der Waals surface area (Å²) in [5.74, 6) is 0.0577. The second kappa shape index (κ2) is 17.0. The number of carbonyl (C=O) groups is 2. The van der Waals surface area contributed by atoms with Gasteiger partial charge < -0.3 is 39.3 Å². The lowest BCUT2D eigenvalue weighted by Crippen LogP contribution is -2.49. The minimum atomic E-state index is -0.976. The first-order valence-electron chi connectivity index (χ1n) is 16.9. The molecule has 2 saturated heterocycles. The maximum Gasteiger partial charge on any atom is 0.410 e. The summed E-state index contributed by atoms with van der Waals surface area (Å²) in [6, 6.07) is 0. The van der Waals surface area contributed by atoms with E-state index < -0.39 is 36.0 Å². The Balaban J connectivity index is 1.67. The van der Waals surface area contributed by atoms with Crippen LogP contribution in [-0.4, -0.2) is 106 Å². The fraction of sp³-hybridized carbons (Fsp3) is 0.771. The molecule has 8 unspecified atom stereocenters. The zero-order valence-electron chi connectivity index (χ0n) is 28.5. The van der Waals surface area contributed by atoms with Gasteiger partial charge in [0.1, 0.15) is 18.0 Å². The van der Waals surface area contributed by atoms with Gasteiger partial charge in [0.2, 0.25) is 0 Å². The van der Waals surface area contributed by atoms with Gasteiger partial charge in [0.15, 0.2) is 6.10 Å². The van der Waals surface area contributed by atoms with Gasteiger partial charge in [-0.25, -0.2) is 4.79 Å². The number of carbonyl (C=O) groups excluding carboxylic acids is 2. The number of aliphatic hydroxyl groups is 3. The van der Waals surface area contributed by atoms with Crippen LogP contribution in [0, 0.1) is 11.8 Å².